The van der Waals surface area contributed by atoms with E-state index in [-0.39, 0.29) is 23.0 Å². The fraction of sp³-hybridized carbons (Fsp3) is 0.438. The van der Waals surface area contributed by atoms with Crippen molar-refractivity contribution in [1.29, 1.82) is 5.26 Å². The van der Waals surface area contributed by atoms with E-state index in [1.54, 1.807) is 16.8 Å². The molecule has 1 aliphatic rings. The lowest BCUT2D eigenvalue weighted by Crippen LogP contribution is -2.37. The number of hydrogen-bond donors (Lipinski definition) is 0. The van der Waals surface area contributed by atoms with Crippen LogP contribution in [0.4, 0.5) is 0 Å². The first kappa shape index (κ1) is 14.5. The van der Waals surface area contributed by atoms with Gasteiger partial charge in [0.05, 0.1) is 18.0 Å². The van der Waals surface area contributed by atoms with Gasteiger partial charge < -0.3 is 14.2 Å². The summed E-state index contributed by atoms with van der Waals surface area (Å²) in [5.41, 5.74) is 0.747. The Kier molecular flexibility index (Phi) is 3.82. The fourth-order valence-electron chi connectivity index (χ4n) is 3.06. The fourth-order valence-corrected chi connectivity index (χ4v) is 3.06. The average molecular weight is 298 g/mol. The number of likely N-dealkylation sites (tertiary alicyclic amines) is 1. The molecule has 1 aliphatic heterocycles. The minimum absolute atomic E-state index is 0.0931. The predicted octanol–water partition coefficient (Wildman–Crippen LogP) is 1.54. The molecule has 0 amide bonds. The number of ether oxygens (including phenoxy) is 1. The zero-order chi connectivity index (χ0) is 15.7. The molecule has 0 N–H and O–H groups in total. The van der Waals surface area contributed by atoms with Gasteiger partial charge in [-0.3, -0.25) is 4.79 Å². The molecule has 1 saturated heterocycles. The zero-order valence-electron chi connectivity index (χ0n) is 12.7. The quantitative estimate of drug-likeness (QED) is 0.841. The summed E-state index contributed by atoms with van der Waals surface area (Å²) in [4.78, 5) is 19.2. The van der Waals surface area contributed by atoms with Gasteiger partial charge in [0.25, 0.3) is 5.56 Å². The molecule has 0 aromatic carbocycles. The van der Waals surface area contributed by atoms with Crippen LogP contribution < -0.4 is 10.3 Å². The van der Waals surface area contributed by atoms with Crippen molar-refractivity contribution in [3.05, 3.63) is 34.2 Å². The van der Waals surface area contributed by atoms with Crippen LogP contribution in [0.25, 0.3) is 10.9 Å². The van der Waals surface area contributed by atoms with Crippen LogP contribution in [-0.2, 0) is 0 Å². The number of pyridine rings is 2. The first-order valence-electron chi connectivity index (χ1n) is 7.32. The molecule has 1 fully saturated rings. The lowest BCUT2D eigenvalue weighted by molar-refractivity contribution is 0.210. The van der Waals surface area contributed by atoms with Gasteiger partial charge in [-0.2, -0.15) is 5.26 Å². The van der Waals surface area contributed by atoms with Crippen molar-refractivity contribution in [2.75, 3.05) is 27.2 Å². The molecular weight excluding hydrogens is 280 g/mol. The van der Waals surface area contributed by atoms with E-state index in [4.69, 9.17) is 10.00 Å². The molecule has 3 rings (SSSR count). The van der Waals surface area contributed by atoms with Crippen LogP contribution in [0.5, 0.6) is 5.88 Å². The number of rotatable bonds is 2. The van der Waals surface area contributed by atoms with Crippen molar-refractivity contribution < 1.29 is 4.74 Å². The molecule has 22 heavy (non-hydrogen) atoms. The molecule has 0 bridgehead atoms. The van der Waals surface area contributed by atoms with Crippen molar-refractivity contribution in [1.82, 2.24) is 14.5 Å². The van der Waals surface area contributed by atoms with Crippen LogP contribution in [0, 0.1) is 11.3 Å². The Balaban J connectivity index is 2.13. The molecule has 2 aromatic heterocycles. The van der Waals surface area contributed by atoms with E-state index < -0.39 is 0 Å². The molecule has 3 heterocycles. The Morgan fingerprint density at radius 1 is 1.50 bits per heavy atom. The van der Waals surface area contributed by atoms with Gasteiger partial charge in [-0.15, -0.1) is 0 Å². The van der Waals surface area contributed by atoms with Gasteiger partial charge in [0.2, 0.25) is 5.88 Å². The third-order valence-electron chi connectivity index (χ3n) is 4.18. The highest BCUT2D eigenvalue weighted by molar-refractivity contribution is 5.80. The summed E-state index contributed by atoms with van der Waals surface area (Å²) in [6, 6.07) is 5.59. The summed E-state index contributed by atoms with van der Waals surface area (Å²) in [7, 11) is 3.53. The van der Waals surface area contributed by atoms with E-state index in [2.05, 4.69) is 16.9 Å². The number of hydrogen-bond acceptors (Lipinski definition) is 5. The number of aromatic nitrogens is 2. The first-order valence-corrected chi connectivity index (χ1v) is 7.32. The van der Waals surface area contributed by atoms with Crippen LogP contribution in [0.2, 0.25) is 0 Å². The highest BCUT2D eigenvalue weighted by Gasteiger charge is 2.21. The maximum atomic E-state index is 12.8. The van der Waals surface area contributed by atoms with Gasteiger partial charge in [0.1, 0.15) is 11.6 Å². The lowest BCUT2D eigenvalue weighted by Gasteiger charge is -2.31. The smallest absolute Gasteiger partial charge is 0.260 e. The molecule has 0 aliphatic carbocycles. The Morgan fingerprint density at radius 2 is 2.32 bits per heavy atom. The molecule has 6 nitrogen and oxygen atoms in total. The van der Waals surface area contributed by atoms with E-state index >= 15 is 0 Å². The monoisotopic (exact) mass is 298 g/mol. The van der Waals surface area contributed by atoms with Crippen LogP contribution in [0.1, 0.15) is 24.4 Å². The molecule has 0 saturated carbocycles. The van der Waals surface area contributed by atoms with Gasteiger partial charge in [-0.05, 0) is 38.6 Å². The normalized spacial score (nSPS) is 19.0. The molecule has 2 aromatic rings. The van der Waals surface area contributed by atoms with Crippen LogP contribution in [-0.4, -0.2) is 41.7 Å². The van der Waals surface area contributed by atoms with Gasteiger partial charge in [0, 0.05) is 18.8 Å². The van der Waals surface area contributed by atoms with E-state index in [9.17, 15) is 4.79 Å². The summed E-state index contributed by atoms with van der Waals surface area (Å²) in [5, 5.41) is 9.63. The summed E-state index contributed by atoms with van der Waals surface area (Å²) in [6.07, 6.45) is 3.87. The summed E-state index contributed by atoms with van der Waals surface area (Å²) >= 11 is 0. The minimum Gasteiger partial charge on any atom is -0.480 e. The van der Waals surface area contributed by atoms with Gasteiger partial charge >= 0.3 is 0 Å². The Labute approximate surface area is 128 Å². The zero-order valence-corrected chi connectivity index (χ0v) is 12.7. The highest BCUT2D eigenvalue weighted by Crippen LogP contribution is 2.22. The second-order valence-electron chi connectivity index (χ2n) is 5.68. The molecule has 6 heteroatoms. The van der Waals surface area contributed by atoms with Crippen molar-refractivity contribution >= 4 is 10.9 Å². The maximum absolute atomic E-state index is 12.8. The molecular formula is C16H18N4O2. The van der Waals surface area contributed by atoms with E-state index in [0.29, 0.717) is 10.9 Å². The number of likely N-dealkylation sites (N-methyl/N-ethyl adjacent to an activating group) is 1. The Hall–Kier alpha value is -2.39. The summed E-state index contributed by atoms with van der Waals surface area (Å²) in [6.45, 7) is 1.93. The predicted molar refractivity (Wildman–Crippen MR) is 83.0 cm³/mol. The topological polar surface area (TPSA) is 71.2 Å². The molecule has 1 unspecified atom stereocenters. The third kappa shape index (κ3) is 2.44. The minimum atomic E-state index is -0.0931. The molecule has 114 valence electrons. The third-order valence-corrected chi connectivity index (χ3v) is 4.18. The van der Waals surface area contributed by atoms with Gasteiger partial charge in [-0.25, -0.2) is 4.98 Å². The Morgan fingerprint density at radius 3 is 3.00 bits per heavy atom. The van der Waals surface area contributed by atoms with Crippen LogP contribution >= 0.6 is 0 Å². The number of fused-ring (bicyclic) bond motifs is 1. The lowest BCUT2D eigenvalue weighted by atomic mass is 10.1. The highest BCUT2D eigenvalue weighted by atomic mass is 16.5. The van der Waals surface area contributed by atoms with Crippen LogP contribution in [0.15, 0.2) is 23.1 Å². The molecule has 1 atom stereocenters. The number of nitrogens with zero attached hydrogens (tertiary/aromatic N) is 4. The van der Waals surface area contributed by atoms with E-state index in [0.717, 1.165) is 25.9 Å². The number of nitriles is 1. The van der Waals surface area contributed by atoms with E-state index in [1.165, 1.54) is 7.11 Å². The van der Waals surface area contributed by atoms with Crippen molar-refractivity contribution in [3.8, 4) is 11.9 Å². The van der Waals surface area contributed by atoms with Gasteiger partial charge in [-0.1, -0.05) is 0 Å². The second kappa shape index (κ2) is 5.78. The molecule has 0 radical (unpaired) electrons. The van der Waals surface area contributed by atoms with Crippen LogP contribution in [0.3, 0.4) is 0 Å². The van der Waals surface area contributed by atoms with Crippen molar-refractivity contribution in [3.63, 3.8) is 0 Å². The largest absolute Gasteiger partial charge is 0.480 e. The maximum Gasteiger partial charge on any atom is 0.260 e. The van der Waals surface area contributed by atoms with E-state index in [1.807, 2.05) is 12.1 Å². The molecule has 0 spiro atoms. The SMILES string of the molecule is COc1nc2ccn(C3CCCN(C)C3)c(=O)c2cc1C#N. The number of piperidine rings is 1. The Bertz CT molecular complexity index is 806. The van der Waals surface area contributed by atoms with Crippen molar-refractivity contribution in [2.45, 2.75) is 18.9 Å². The standard InChI is InChI=1S/C16H18N4O2/c1-19-6-3-4-12(10-19)20-7-5-14-13(16(20)21)8-11(9-17)15(18-14)22-2/h5,7-8,12H,3-4,6,10H2,1-2H3. The second-order valence-corrected chi connectivity index (χ2v) is 5.68. The summed E-state index contributed by atoms with van der Waals surface area (Å²) < 4.78 is 6.87. The average Bonchev–Trinajstić information content (AvgIpc) is 2.54. The summed E-state index contributed by atoms with van der Waals surface area (Å²) in [5.74, 6) is 0.254. The first-order chi connectivity index (χ1) is 10.6. The van der Waals surface area contributed by atoms with Gasteiger partial charge in [0.15, 0.2) is 0 Å². The van der Waals surface area contributed by atoms with Crippen molar-refractivity contribution in [2.24, 2.45) is 0 Å². The number of methoxy groups -OCH3 is 1.